The summed E-state index contributed by atoms with van der Waals surface area (Å²) in [7, 11) is 0. The minimum Gasteiger partial charge on any atom is -0.427 e. The summed E-state index contributed by atoms with van der Waals surface area (Å²) < 4.78 is 27.8. The molecule has 0 unspecified atom stereocenters. The Morgan fingerprint density at radius 2 is 2.13 bits per heavy atom. The second kappa shape index (κ2) is 4.39. The molecular formula is C8H6ClF2NO3. The molecule has 0 aliphatic carbocycles. The molecule has 1 aromatic carbocycles. The van der Waals surface area contributed by atoms with E-state index in [1.807, 2.05) is 0 Å². The van der Waals surface area contributed by atoms with Crippen molar-refractivity contribution in [1.82, 2.24) is 0 Å². The predicted octanol–water partition coefficient (Wildman–Crippen LogP) is 3.16. The Balaban J connectivity index is 3.22. The van der Waals surface area contributed by atoms with Crippen LogP contribution in [0, 0.1) is 17.0 Å². The summed E-state index contributed by atoms with van der Waals surface area (Å²) in [5, 5.41) is 10.6. The van der Waals surface area contributed by atoms with Gasteiger partial charge in [-0.15, -0.1) is 0 Å². The predicted molar refractivity (Wildman–Crippen MR) is 49.5 cm³/mol. The van der Waals surface area contributed by atoms with Gasteiger partial charge in [0.1, 0.15) is 0 Å². The van der Waals surface area contributed by atoms with Crippen LogP contribution in [0.5, 0.6) is 5.75 Å². The van der Waals surface area contributed by atoms with Gasteiger partial charge in [-0.25, -0.2) is 0 Å². The van der Waals surface area contributed by atoms with E-state index in [0.717, 1.165) is 12.1 Å². The third-order valence-electron chi connectivity index (χ3n) is 1.65. The average molecular weight is 238 g/mol. The molecule has 82 valence electrons. The van der Waals surface area contributed by atoms with Gasteiger partial charge < -0.3 is 4.74 Å². The molecule has 0 N–H and O–H groups in total. The summed E-state index contributed by atoms with van der Waals surface area (Å²) in [6, 6.07) is 2.08. The molecule has 0 saturated heterocycles. The van der Waals surface area contributed by atoms with Crippen LogP contribution in [0.1, 0.15) is 5.56 Å². The minimum absolute atomic E-state index is 0.135. The lowest BCUT2D eigenvalue weighted by Crippen LogP contribution is -2.04. The molecule has 0 fully saturated rings. The Morgan fingerprint density at radius 3 is 2.60 bits per heavy atom. The van der Waals surface area contributed by atoms with E-state index in [2.05, 4.69) is 4.74 Å². The summed E-state index contributed by atoms with van der Waals surface area (Å²) >= 11 is 5.63. The number of aryl methyl sites for hydroxylation is 1. The highest BCUT2D eigenvalue weighted by Gasteiger charge is 2.20. The normalized spacial score (nSPS) is 10.5. The van der Waals surface area contributed by atoms with Gasteiger partial charge in [0.05, 0.1) is 4.92 Å². The van der Waals surface area contributed by atoms with Crippen molar-refractivity contribution < 1.29 is 18.4 Å². The van der Waals surface area contributed by atoms with Crippen molar-refractivity contribution in [2.75, 3.05) is 0 Å². The lowest BCUT2D eigenvalue weighted by Gasteiger charge is -2.06. The molecule has 0 spiro atoms. The quantitative estimate of drug-likeness (QED) is 0.599. The monoisotopic (exact) mass is 237 g/mol. The fourth-order valence-corrected chi connectivity index (χ4v) is 1.13. The van der Waals surface area contributed by atoms with E-state index < -0.39 is 23.0 Å². The Bertz CT molecular complexity index is 398. The molecule has 0 aromatic heterocycles. The highest BCUT2D eigenvalue weighted by molar-refractivity contribution is 6.31. The molecule has 0 amide bonds. The molecule has 0 heterocycles. The maximum atomic E-state index is 11.9. The maximum Gasteiger partial charge on any atom is 0.387 e. The molecule has 0 aliphatic heterocycles. The Kier molecular flexibility index (Phi) is 3.41. The van der Waals surface area contributed by atoms with Crippen molar-refractivity contribution in [2.24, 2.45) is 0 Å². The van der Waals surface area contributed by atoms with E-state index in [1.54, 1.807) is 0 Å². The van der Waals surface area contributed by atoms with Crippen LogP contribution in [0.4, 0.5) is 14.5 Å². The van der Waals surface area contributed by atoms with Crippen LogP contribution in [0.15, 0.2) is 12.1 Å². The van der Waals surface area contributed by atoms with Crippen LogP contribution in [-0.2, 0) is 0 Å². The average Bonchev–Trinajstić information content (AvgIpc) is 2.09. The van der Waals surface area contributed by atoms with Gasteiger partial charge in [-0.2, -0.15) is 8.78 Å². The molecule has 1 rings (SSSR count). The van der Waals surface area contributed by atoms with Gasteiger partial charge in [0.25, 0.3) is 0 Å². The number of ether oxygens (including phenoxy) is 1. The van der Waals surface area contributed by atoms with Crippen LogP contribution in [0.2, 0.25) is 5.02 Å². The third-order valence-corrected chi connectivity index (χ3v) is 2.06. The zero-order valence-corrected chi connectivity index (χ0v) is 8.29. The zero-order valence-electron chi connectivity index (χ0n) is 7.54. The van der Waals surface area contributed by atoms with Crippen molar-refractivity contribution in [2.45, 2.75) is 13.5 Å². The van der Waals surface area contributed by atoms with Crippen molar-refractivity contribution >= 4 is 17.3 Å². The largest absolute Gasteiger partial charge is 0.427 e. The zero-order chi connectivity index (χ0) is 11.6. The SMILES string of the molecule is Cc1cc([N+](=O)[O-])c(OC(F)F)cc1Cl. The van der Waals surface area contributed by atoms with Crippen LogP contribution < -0.4 is 4.74 Å². The van der Waals surface area contributed by atoms with Gasteiger partial charge in [0.15, 0.2) is 0 Å². The summed E-state index contributed by atoms with van der Waals surface area (Å²) in [5.74, 6) is -0.536. The van der Waals surface area contributed by atoms with Crippen LogP contribution >= 0.6 is 11.6 Å². The van der Waals surface area contributed by atoms with Crippen molar-refractivity contribution in [3.63, 3.8) is 0 Å². The molecule has 0 radical (unpaired) electrons. The summed E-state index contributed by atoms with van der Waals surface area (Å²) in [6.07, 6.45) is 0. The van der Waals surface area contributed by atoms with E-state index in [9.17, 15) is 18.9 Å². The fourth-order valence-electron chi connectivity index (χ4n) is 0.981. The van der Waals surface area contributed by atoms with E-state index in [4.69, 9.17) is 11.6 Å². The van der Waals surface area contributed by atoms with Crippen molar-refractivity contribution in [3.8, 4) is 5.75 Å². The van der Waals surface area contributed by atoms with E-state index in [-0.39, 0.29) is 5.02 Å². The molecule has 0 saturated carbocycles. The molecule has 0 atom stereocenters. The fraction of sp³-hybridized carbons (Fsp3) is 0.250. The van der Waals surface area contributed by atoms with Gasteiger partial charge >= 0.3 is 12.3 Å². The van der Waals surface area contributed by atoms with Gasteiger partial charge in [0.2, 0.25) is 5.75 Å². The number of alkyl halides is 2. The van der Waals surface area contributed by atoms with Gasteiger partial charge in [-0.1, -0.05) is 11.6 Å². The van der Waals surface area contributed by atoms with Crippen molar-refractivity contribution in [1.29, 1.82) is 0 Å². The molecule has 0 aliphatic rings. The molecule has 15 heavy (non-hydrogen) atoms. The number of nitro groups is 1. The highest BCUT2D eigenvalue weighted by Crippen LogP contribution is 2.33. The van der Waals surface area contributed by atoms with Crippen LogP contribution in [-0.4, -0.2) is 11.5 Å². The van der Waals surface area contributed by atoms with Gasteiger partial charge in [-0.05, 0) is 12.5 Å². The lowest BCUT2D eigenvalue weighted by atomic mass is 10.2. The summed E-state index contributed by atoms with van der Waals surface area (Å²) in [4.78, 5) is 9.70. The van der Waals surface area contributed by atoms with Crippen LogP contribution in [0.3, 0.4) is 0 Å². The Labute approximate surface area is 88.6 Å². The third kappa shape index (κ3) is 2.76. The first-order chi connectivity index (χ1) is 6.91. The standard InChI is InChI=1S/C8H6ClF2NO3/c1-4-2-6(12(13)14)7(3-5(4)9)15-8(10)11/h2-3,8H,1H3. The number of rotatable bonds is 3. The minimum atomic E-state index is -3.12. The smallest absolute Gasteiger partial charge is 0.387 e. The molecular weight excluding hydrogens is 232 g/mol. The second-order valence-electron chi connectivity index (χ2n) is 2.70. The number of benzene rings is 1. The van der Waals surface area contributed by atoms with Crippen molar-refractivity contribution in [3.05, 3.63) is 32.8 Å². The van der Waals surface area contributed by atoms with Gasteiger partial charge in [-0.3, -0.25) is 10.1 Å². The first kappa shape index (κ1) is 11.6. The van der Waals surface area contributed by atoms with E-state index in [1.165, 1.54) is 6.92 Å². The Morgan fingerprint density at radius 1 is 1.53 bits per heavy atom. The number of nitro benzene ring substituents is 1. The topological polar surface area (TPSA) is 52.4 Å². The van der Waals surface area contributed by atoms with Crippen LogP contribution in [0.25, 0.3) is 0 Å². The molecule has 4 nitrogen and oxygen atoms in total. The molecule has 0 bridgehead atoms. The number of hydrogen-bond donors (Lipinski definition) is 0. The first-order valence-corrected chi connectivity index (χ1v) is 4.19. The number of halogens is 3. The van der Waals surface area contributed by atoms with E-state index >= 15 is 0 Å². The molecule has 7 heteroatoms. The second-order valence-corrected chi connectivity index (χ2v) is 3.11. The maximum absolute atomic E-state index is 11.9. The lowest BCUT2D eigenvalue weighted by molar-refractivity contribution is -0.386. The van der Waals surface area contributed by atoms with Gasteiger partial charge in [0, 0.05) is 17.2 Å². The summed E-state index contributed by atoms with van der Waals surface area (Å²) in [6.45, 7) is -1.59. The number of hydrogen-bond acceptors (Lipinski definition) is 3. The Hall–Kier alpha value is -1.43. The highest BCUT2D eigenvalue weighted by atomic mass is 35.5. The summed E-state index contributed by atoms with van der Waals surface area (Å²) in [5.41, 5.74) is -0.109. The number of nitrogens with zero attached hydrogens (tertiary/aromatic N) is 1. The first-order valence-electron chi connectivity index (χ1n) is 3.81. The van der Waals surface area contributed by atoms with E-state index in [0.29, 0.717) is 5.56 Å². The molecule has 1 aromatic rings.